The zero-order valence-electron chi connectivity index (χ0n) is 14.8. The molecule has 27 heavy (non-hydrogen) atoms. The SMILES string of the molecule is c1ccc2c(c1)ncn2Cc1noc(-c2csc(CC3CCCNC3)n2)n1. The molecular weight excluding hydrogens is 360 g/mol. The zero-order chi connectivity index (χ0) is 18.1. The Morgan fingerprint density at radius 2 is 2.22 bits per heavy atom. The molecule has 5 rings (SSSR count). The topological polar surface area (TPSA) is 81.7 Å². The second-order valence-corrected chi connectivity index (χ2v) is 7.86. The van der Waals surface area contributed by atoms with Crippen LogP contribution in [0.15, 0.2) is 40.5 Å². The molecule has 138 valence electrons. The molecule has 3 aromatic heterocycles. The van der Waals surface area contributed by atoms with Crippen molar-refractivity contribution in [2.45, 2.75) is 25.8 Å². The number of rotatable bonds is 5. The lowest BCUT2D eigenvalue weighted by atomic mass is 9.97. The quantitative estimate of drug-likeness (QED) is 0.573. The fourth-order valence-electron chi connectivity index (χ4n) is 3.56. The number of fused-ring (bicyclic) bond motifs is 1. The Bertz CT molecular complexity index is 1050. The number of para-hydroxylation sites is 2. The summed E-state index contributed by atoms with van der Waals surface area (Å²) in [6, 6.07) is 8.01. The van der Waals surface area contributed by atoms with Crippen LogP contribution in [0.4, 0.5) is 0 Å². The van der Waals surface area contributed by atoms with Gasteiger partial charge in [0.05, 0.1) is 28.9 Å². The average Bonchev–Trinajstić information content (AvgIpc) is 3.44. The van der Waals surface area contributed by atoms with Crippen LogP contribution < -0.4 is 5.32 Å². The molecule has 0 spiro atoms. The van der Waals surface area contributed by atoms with Crippen molar-refractivity contribution in [3.8, 4) is 11.6 Å². The first-order valence-electron chi connectivity index (χ1n) is 9.23. The molecule has 4 aromatic rings. The summed E-state index contributed by atoms with van der Waals surface area (Å²) in [5, 5.41) is 10.7. The Hall–Kier alpha value is -2.58. The first-order valence-corrected chi connectivity index (χ1v) is 10.1. The van der Waals surface area contributed by atoms with Gasteiger partial charge in [-0.15, -0.1) is 11.3 Å². The molecule has 1 atom stereocenters. The number of imidazole rings is 1. The molecule has 0 saturated carbocycles. The minimum atomic E-state index is 0.485. The molecule has 0 radical (unpaired) electrons. The van der Waals surface area contributed by atoms with Crippen LogP contribution in [-0.4, -0.2) is 37.8 Å². The van der Waals surface area contributed by atoms with Crippen molar-refractivity contribution < 1.29 is 4.52 Å². The number of thiazole rings is 1. The fourth-order valence-corrected chi connectivity index (χ4v) is 4.44. The van der Waals surface area contributed by atoms with Crippen molar-refractivity contribution in [3.05, 3.63) is 46.8 Å². The molecule has 1 aliphatic rings. The number of hydrogen-bond acceptors (Lipinski definition) is 7. The Morgan fingerprint density at radius 3 is 3.15 bits per heavy atom. The van der Waals surface area contributed by atoms with Gasteiger partial charge < -0.3 is 14.4 Å². The fraction of sp³-hybridized carbons (Fsp3) is 0.368. The monoisotopic (exact) mass is 380 g/mol. The van der Waals surface area contributed by atoms with E-state index in [9.17, 15) is 0 Å². The molecule has 0 bridgehead atoms. The molecule has 1 saturated heterocycles. The van der Waals surface area contributed by atoms with Crippen molar-refractivity contribution in [2.75, 3.05) is 13.1 Å². The Kier molecular flexibility index (Phi) is 4.43. The third kappa shape index (κ3) is 3.50. The van der Waals surface area contributed by atoms with Crippen molar-refractivity contribution >= 4 is 22.4 Å². The van der Waals surface area contributed by atoms with Crippen LogP contribution in [0.25, 0.3) is 22.6 Å². The summed E-state index contributed by atoms with van der Waals surface area (Å²) in [7, 11) is 0. The summed E-state index contributed by atoms with van der Waals surface area (Å²) >= 11 is 1.67. The number of hydrogen-bond donors (Lipinski definition) is 1. The van der Waals surface area contributed by atoms with Crippen LogP contribution in [0, 0.1) is 5.92 Å². The number of piperidine rings is 1. The molecular formula is C19H20N6OS. The van der Waals surface area contributed by atoms with Gasteiger partial charge in [-0.25, -0.2) is 9.97 Å². The highest BCUT2D eigenvalue weighted by Crippen LogP contribution is 2.24. The van der Waals surface area contributed by atoms with E-state index in [1.54, 1.807) is 17.7 Å². The van der Waals surface area contributed by atoms with Crippen LogP contribution in [-0.2, 0) is 13.0 Å². The summed E-state index contributed by atoms with van der Waals surface area (Å²) in [5.74, 6) is 1.78. The summed E-state index contributed by atoms with van der Waals surface area (Å²) in [6.07, 6.45) is 5.34. The number of nitrogens with zero attached hydrogens (tertiary/aromatic N) is 5. The molecule has 1 aromatic carbocycles. The Labute approximate surface area is 160 Å². The molecule has 7 nitrogen and oxygen atoms in total. The van der Waals surface area contributed by atoms with Crippen molar-refractivity contribution in [1.82, 2.24) is 30.0 Å². The molecule has 1 fully saturated rings. The maximum absolute atomic E-state index is 5.45. The van der Waals surface area contributed by atoms with Crippen LogP contribution in [0.3, 0.4) is 0 Å². The third-order valence-corrected chi connectivity index (χ3v) is 5.81. The largest absolute Gasteiger partial charge is 0.332 e. The molecule has 1 aliphatic heterocycles. The third-order valence-electron chi connectivity index (χ3n) is 4.94. The van der Waals surface area contributed by atoms with Gasteiger partial charge in [0.1, 0.15) is 5.69 Å². The molecule has 0 aliphatic carbocycles. The highest BCUT2D eigenvalue weighted by Gasteiger charge is 2.18. The number of aromatic nitrogens is 5. The highest BCUT2D eigenvalue weighted by molar-refractivity contribution is 7.09. The van der Waals surface area contributed by atoms with Gasteiger partial charge in [-0.2, -0.15) is 4.98 Å². The zero-order valence-corrected chi connectivity index (χ0v) is 15.7. The molecule has 4 heterocycles. The van der Waals surface area contributed by atoms with Gasteiger partial charge in [0.2, 0.25) is 0 Å². The Morgan fingerprint density at radius 1 is 1.26 bits per heavy atom. The predicted octanol–water partition coefficient (Wildman–Crippen LogP) is 3.13. The van der Waals surface area contributed by atoms with Gasteiger partial charge in [-0.1, -0.05) is 17.3 Å². The second kappa shape index (κ2) is 7.21. The molecule has 1 unspecified atom stereocenters. The number of benzene rings is 1. The summed E-state index contributed by atoms with van der Waals surface area (Å²) in [6.45, 7) is 2.74. The summed E-state index contributed by atoms with van der Waals surface area (Å²) in [5.41, 5.74) is 2.79. The van der Waals surface area contributed by atoms with Gasteiger partial charge in [-0.05, 0) is 44.0 Å². The van der Waals surface area contributed by atoms with E-state index < -0.39 is 0 Å². The maximum Gasteiger partial charge on any atom is 0.277 e. The van der Waals surface area contributed by atoms with Gasteiger partial charge in [0.25, 0.3) is 5.89 Å². The van der Waals surface area contributed by atoms with E-state index in [4.69, 9.17) is 9.51 Å². The predicted molar refractivity (Wildman–Crippen MR) is 104 cm³/mol. The minimum Gasteiger partial charge on any atom is -0.332 e. The van der Waals surface area contributed by atoms with E-state index in [0.717, 1.165) is 41.2 Å². The van der Waals surface area contributed by atoms with E-state index >= 15 is 0 Å². The van der Waals surface area contributed by atoms with E-state index in [0.29, 0.717) is 24.2 Å². The van der Waals surface area contributed by atoms with Gasteiger partial charge in [0.15, 0.2) is 5.82 Å². The summed E-state index contributed by atoms with van der Waals surface area (Å²) < 4.78 is 7.47. The smallest absolute Gasteiger partial charge is 0.277 e. The van der Waals surface area contributed by atoms with Crippen LogP contribution >= 0.6 is 11.3 Å². The second-order valence-electron chi connectivity index (χ2n) is 6.92. The van der Waals surface area contributed by atoms with Crippen molar-refractivity contribution in [1.29, 1.82) is 0 Å². The van der Waals surface area contributed by atoms with Crippen LogP contribution in [0.2, 0.25) is 0 Å². The molecule has 0 amide bonds. The molecule has 8 heteroatoms. The van der Waals surface area contributed by atoms with E-state index in [1.165, 1.54) is 12.8 Å². The van der Waals surface area contributed by atoms with Crippen LogP contribution in [0.5, 0.6) is 0 Å². The van der Waals surface area contributed by atoms with Crippen LogP contribution in [0.1, 0.15) is 23.7 Å². The van der Waals surface area contributed by atoms with E-state index in [1.807, 2.05) is 34.2 Å². The lowest BCUT2D eigenvalue weighted by Gasteiger charge is -2.21. The lowest BCUT2D eigenvalue weighted by Crippen LogP contribution is -2.30. The Balaban J connectivity index is 1.30. The van der Waals surface area contributed by atoms with E-state index in [2.05, 4.69) is 20.4 Å². The van der Waals surface area contributed by atoms with E-state index in [-0.39, 0.29) is 0 Å². The average molecular weight is 380 g/mol. The van der Waals surface area contributed by atoms with Gasteiger partial charge in [-0.3, -0.25) is 0 Å². The van der Waals surface area contributed by atoms with Gasteiger partial charge in [0, 0.05) is 11.8 Å². The summed E-state index contributed by atoms with van der Waals surface area (Å²) in [4.78, 5) is 13.6. The minimum absolute atomic E-state index is 0.485. The number of nitrogens with one attached hydrogen (secondary N) is 1. The van der Waals surface area contributed by atoms with Crippen molar-refractivity contribution in [3.63, 3.8) is 0 Å². The van der Waals surface area contributed by atoms with Gasteiger partial charge >= 0.3 is 0 Å². The maximum atomic E-state index is 5.45. The van der Waals surface area contributed by atoms with Crippen molar-refractivity contribution in [2.24, 2.45) is 5.92 Å². The molecule has 1 N–H and O–H groups in total. The first-order chi connectivity index (χ1) is 13.3. The lowest BCUT2D eigenvalue weighted by molar-refractivity contribution is 0.375. The normalized spacial score (nSPS) is 17.6. The highest BCUT2D eigenvalue weighted by atomic mass is 32.1. The standard InChI is InChI=1S/C19H20N6OS/c1-2-6-16-14(5-1)21-12-25(16)10-17-23-19(26-24-17)15-11-27-18(22-15)8-13-4-3-7-20-9-13/h1-2,5-6,11-13,20H,3-4,7-10H2. The first kappa shape index (κ1) is 16.6.